The van der Waals surface area contributed by atoms with Gasteiger partial charge in [-0.2, -0.15) is 0 Å². The number of aromatic nitrogens is 1. The Morgan fingerprint density at radius 3 is 2.70 bits per heavy atom. The lowest BCUT2D eigenvalue weighted by molar-refractivity contribution is -0.130. The molecule has 0 aliphatic carbocycles. The molecule has 1 N–H and O–H groups in total. The summed E-state index contributed by atoms with van der Waals surface area (Å²) in [5.74, 6) is -0.728. The van der Waals surface area contributed by atoms with Crippen molar-refractivity contribution in [2.24, 2.45) is 0 Å². The molecular weight excluding hydrogens is 436 g/mol. The Morgan fingerprint density at radius 2 is 1.97 bits per heavy atom. The Balaban J connectivity index is 1.70. The first-order valence-corrected chi connectivity index (χ1v) is 11.9. The summed E-state index contributed by atoms with van der Waals surface area (Å²) < 4.78 is 5.91. The zero-order chi connectivity index (χ0) is 23.2. The van der Waals surface area contributed by atoms with Gasteiger partial charge in [-0.15, -0.1) is 11.3 Å². The summed E-state index contributed by atoms with van der Waals surface area (Å²) in [4.78, 5) is 32.5. The molecule has 3 heterocycles. The summed E-state index contributed by atoms with van der Waals surface area (Å²) in [6.45, 7) is 2.97. The van der Waals surface area contributed by atoms with E-state index in [9.17, 15) is 14.7 Å². The van der Waals surface area contributed by atoms with Gasteiger partial charge in [-0.1, -0.05) is 38.0 Å². The Kier molecular flexibility index (Phi) is 7.19. The molecule has 0 saturated heterocycles. The molecule has 0 spiro atoms. The molecule has 1 amide bonds. The van der Waals surface area contributed by atoms with E-state index in [-0.39, 0.29) is 17.9 Å². The lowest BCUT2D eigenvalue weighted by Crippen LogP contribution is -2.30. The van der Waals surface area contributed by atoms with E-state index in [0.29, 0.717) is 22.8 Å². The average Bonchev–Trinajstić information content (AvgIpc) is 3.46. The number of ether oxygens (including phenoxy) is 1. The van der Waals surface area contributed by atoms with Crippen molar-refractivity contribution in [3.05, 3.63) is 93.6 Å². The number of ketones is 1. The number of benzene rings is 1. The number of hydrogen-bond donors (Lipinski definition) is 1. The van der Waals surface area contributed by atoms with Crippen LogP contribution < -0.4 is 4.74 Å². The number of unbranched alkanes of at least 4 members (excludes halogenated alkanes) is 2. The summed E-state index contributed by atoms with van der Waals surface area (Å²) in [7, 11) is 0. The summed E-state index contributed by atoms with van der Waals surface area (Å²) >= 11 is 1.28. The van der Waals surface area contributed by atoms with Crippen LogP contribution in [0.15, 0.2) is 77.6 Å². The lowest BCUT2D eigenvalue weighted by atomic mass is 9.95. The van der Waals surface area contributed by atoms with Crippen molar-refractivity contribution >= 4 is 23.0 Å². The van der Waals surface area contributed by atoms with Gasteiger partial charge in [-0.05, 0) is 53.3 Å². The topological polar surface area (TPSA) is 79.7 Å². The molecule has 6 nitrogen and oxygen atoms in total. The molecule has 3 aromatic rings. The van der Waals surface area contributed by atoms with E-state index in [1.54, 1.807) is 29.9 Å². The number of carbonyl (C=O) groups excluding carboxylic acids is 2. The van der Waals surface area contributed by atoms with Gasteiger partial charge in [0.15, 0.2) is 5.76 Å². The van der Waals surface area contributed by atoms with Crippen molar-refractivity contribution in [1.29, 1.82) is 0 Å². The van der Waals surface area contributed by atoms with E-state index in [2.05, 4.69) is 11.9 Å². The minimum atomic E-state index is -0.723. The molecule has 1 aliphatic rings. The molecule has 33 heavy (non-hydrogen) atoms. The van der Waals surface area contributed by atoms with E-state index in [1.807, 2.05) is 36.4 Å². The van der Waals surface area contributed by atoms with Gasteiger partial charge in [0.05, 0.1) is 23.1 Å². The Morgan fingerprint density at radius 1 is 1.15 bits per heavy atom. The molecule has 1 aliphatic heterocycles. The molecule has 1 unspecified atom stereocenters. The highest BCUT2D eigenvalue weighted by molar-refractivity contribution is 7.12. The first-order valence-electron chi connectivity index (χ1n) is 11.0. The highest BCUT2D eigenvalue weighted by Gasteiger charge is 2.44. The third kappa shape index (κ3) is 4.98. The fraction of sp³-hybridized carbons (Fsp3) is 0.269. The van der Waals surface area contributed by atoms with Gasteiger partial charge in [0.2, 0.25) is 5.78 Å². The summed E-state index contributed by atoms with van der Waals surface area (Å²) in [5.41, 5.74) is 1.67. The molecular formula is C26H26N2O4S. The van der Waals surface area contributed by atoms with Crippen LogP contribution >= 0.6 is 11.3 Å². The molecule has 4 rings (SSSR count). The van der Waals surface area contributed by atoms with Gasteiger partial charge in [0.25, 0.3) is 5.91 Å². The summed E-state index contributed by atoms with van der Waals surface area (Å²) in [5, 5.41) is 12.6. The van der Waals surface area contributed by atoms with Crippen LogP contribution in [0.25, 0.3) is 0 Å². The van der Waals surface area contributed by atoms with Gasteiger partial charge in [0.1, 0.15) is 5.75 Å². The minimum absolute atomic E-state index is 0.0969. The molecule has 0 fully saturated rings. The second kappa shape index (κ2) is 10.4. The number of hydrogen-bond acceptors (Lipinski definition) is 6. The van der Waals surface area contributed by atoms with Crippen LogP contribution in [0.4, 0.5) is 0 Å². The van der Waals surface area contributed by atoms with Crippen LogP contribution in [0.2, 0.25) is 0 Å². The van der Waals surface area contributed by atoms with E-state index >= 15 is 0 Å². The highest BCUT2D eigenvalue weighted by atomic mass is 32.1. The molecule has 1 aromatic carbocycles. The number of aliphatic hydroxyl groups excluding tert-OH is 1. The second-order valence-electron chi connectivity index (χ2n) is 7.89. The third-order valence-corrected chi connectivity index (χ3v) is 6.45. The van der Waals surface area contributed by atoms with Crippen molar-refractivity contribution in [3.8, 4) is 5.75 Å². The number of nitrogens with zero attached hydrogens (tertiary/aromatic N) is 2. The SMILES string of the molecule is CCCCCOc1cccc(C2C(C(=O)c3cccs3)=C(O)C(=O)N2Cc2ccncc2)c1. The first-order chi connectivity index (χ1) is 16.1. The standard InChI is InChI=1S/C26H26N2O4S/c1-2-3-4-14-32-20-8-5-7-19(16-20)23-22(24(29)21-9-6-15-33-21)25(30)26(31)28(23)17-18-10-12-27-13-11-18/h5-13,15-16,23,30H,2-4,14,17H2,1H3. The maximum absolute atomic E-state index is 13.3. The first kappa shape index (κ1) is 22.7. The third-order valence-electron chi connectivity index (χ3n) is 5.59. The average molecular weight is 463 g/mol. The van der Waals surface area contributed by atoms with Crippen molar-refractivity contribution in [3.63, 3.8) is 0 Å². The zero-order valence-corrected chi connectivity index (χ0v) is 19.3. The molecule has 2 aromatic heterocycles. The fourth-order valence-corrected chi connectivity index (χ4v) is 4.61. The second-order valence-corrected chi connectivity index (χ2v) is 8.84. The van der Waals surface area contributed by atoms with Gasteiger partial charge in [-0.3, -0.25) is 14.6 Å². The van der Waals surface area contributed by atoms with E-state index in [4.69, 9.17) is 4.74 Å². The van der Waals surface area contributed by atoms with Crippen molar-refractivity contribution in [2.45, 2.75) is 38.8 Å². The molecule has 0 saturated carbocycles. The van der Waals surface area contributed by atoms with Crippen LogP contribution in [0.5, 0.6) is 5.75 Å². The predicted molar refractivity (Wildman–Crippen MR) is 127 cm³/mol. The van der Waals surface area contributed by atoms with Gasteiger partial charge >= 0.3 is 0 Å². The van der Waals surface area contributed by atoms with Crippen LogP contribution in [0.1, 0.15) is 53.0 Å². The quantitative estimate of drug-likeness (QED) is 0.318. The Hall–Kier alpha value is -3.45. The molecule has 1 atom stereocenters. The maximum atomic E-state index is 13.3. The van der Waals surface area contributed by atoms with Gasteiger partial charge < -0.3 is 14.7 Å². The minimum Gasteiger partial charge on any atom is -0.503 e. The predicted octanol–water partition coefficient (Wildman–Crippen LogP) is 5.49. The number of rotatable bonds is 10. The van der Waals surface area contributed by atoms with Crippen molar-refractivity contribution in [2.75, 3.05) is 6.61 Å². The lowest BCUT2D eigenvalue weighted by Gasteiger charge is -2.27. The normalized spacial score (nSPS) is 15.8. The van der Waals surface area contributed by atoms with Crippen LogP contribution in [-0.2, 0) is 11.3 Å². The Bertz CT molecular complexity index is 1140. The van der Waals surface area contributed by atoms with Crippen LogP contribution in [-0.4, -0.2) is 33.3 Å². The van der Waals surface area contributed by atoms with E-state index < -0.39 is 17.7 Å². The zero-order valence-electron chi connectivity index (χ0n) is 18.4. The molecule has 170 valence electrons. The monoisotopic (exact) mass is 462 g/mol. The number of aliphatic hydroxyl groups is 1. The number of thiophene rings is 1. The molecule has 7 heteroatoms. The van der Waals surface area contributed by atoms with Crippen LogP contribution in [0.3, 0.4) is 0 Å². The van der Waals surface area contributed by atoms with E-state index in [0.717, 1.165) is 24.8 Å². The number of amides is 1. The van der Waals surface area contributed by atoms with Gasteiger partial charge in [0, 0.05) is 18.9 Å². The fourth-order valence-electron chi connectivity index (χ4n) is 3.94. The maximum Gasteiger partial charge on any atom is 0.290 e. The number of pyridine rings is 1. The largest absolute Gasteiger partial charge is 0.503 e. The van der Waals surface area contributed by atoms with Crippen molar-refractivity contribution in [1.82, 2.24) is 9.88 Å². The number of carbonyl (C=O) groups is 2. The van der Waals surface area contributed by atoms with E-state index in [1.165, 1.54) is 16.2 Å². The number of Topliss-reactive ketones (excluding diaryl/α,β-unsaturated/α-hetero) is 1. The summed E-state index contributed by atoms with van der Waals surface area (Å²) in [6, 6.07) is 13.8. The molecule has 0 radical (unpaired) electrons. The Labute approximate surface area is 197 Å². The van der Waals surface area contributed by atoms with Crippen molar-refractivity contribution < 1.29 is 19.4 Å². The van der Waals surface area contributed by atoms with Crippen LogP contribution in [0, 0.1) is 0 Å². The highest BCUT2D eigenvalue weighted by Crippen LogP contribution is 2.41. The molecule has 0 bridgehead atoms. The summed E-state index contributed by atoms with van der Waals surface area (Å²) in [6.07, 6.45) is 6.46. The van der Waals surface area contributed by atoms with Gasteiger partial charge in [-0.25, -0.2) is 0 Å². The smallest absolute Gasteiger partial charge is 0.290 e.